The second-order valence-electron chi connectivity index (χ2n) is 5.40. The van der Waals surface area contributed by atoms with E-state index >= 15 is 0 Å². The van der Waals surface area contributed by atoms with Gasteiger partial charge in [-0.15, -0.1) is 11.3 Å². The molecule has 3 rings (SSSR count). The first-order valence-electron chi connectivity index (χ1n) is 7.34. The van der Waals surface area contributed by atoms with Gasteiger partial charge < -0.3 is 14.9 Å². The average Bonchev–Trinajstić information content (AvgIpc) is 3.01. The van der Waals surface area contributed by atoms with Crippen molar-refractivity contribution in [2.45, 2.75) is 13.0 Å². The molecule has 1 unspecified atom stereocenters. The Morgan fingerprint density at radius 2 is 1.91 bits per heavy atom. The van der Waals surface area contributed by atoms with Crippen molar-refractivity contribution in [3.05, 3.63) is 47.0 Å². The maximum atomic E-state index is 12.4. The molecule has 6 heteroatoms. The molecule has 0 bridgehead atoms. The zero-order valence-electron chi connectivity index (χ0n) is 12.5. The summed E-state index contributed by atoms with van der Waals surface area (Å²) in [7, 11) is 0. The topological polar surface area (TPSA) is 56.7 Å². The first-order valence-corrected chi connectivity index (χ1v) is 8.22. The highest BCUT2D eigenvalue weighted by Gasteiger charge is 2.27. The molecule has 1 aliphatic heterocycles. The first-order chi connectivity index (χ1) is 10.6. The molecule has 1 atom stereocenters. The first kappa shape index (κ1) is 15.0. The Labute approximate surface area is 133 Å². The summed E-state index contributed by atoms with van der Waals surface area (Å²) in [5.74, 6) is -0.221. The lowest BCUT2D eigenvalue weighted by Gasteiger charge is -2.35. The minimum Gasteiger partial charge on any atom is -0.378 e. The molecule has 0 aliphatic carbocycles. The maximum Gasteiger partial charge on any atom is 0.256 e. The second kappa shape index (κ2) is 6.46. The van der Waals surface area contributed by atoms with Crippen LogP contribution in [0.4, 0.5) is 5.13 Å². The molecule has 1 amide bonds. The van der Waals surface area contributed by atoms with E-state index in [1.165, 1.54) is 0 Å². The van der Waals surface area contributed by atoms with Gasteiger partial charge in [-0.2, -0.15) is 0 Å². The molecule has 2 heterocycles. The Kier molecular flexibility index (Phi) is 4.40. The summed E-state index contributed by atoms with van der Waals surface area (Å²) in [6, 6.07) is 9.08. The monoisotopic (exact) mass is 317 g/mol. The van der Waals surface area contributed by atoms with Crippen molar-refractivity contribution in [2.24, 2.45) is 0 Å². The Bertz CT molecular complexity index is 636. The molecule has 0 radical (unpaired) electrons. The largest absolute Gasteiger partial charge is 0.378 e. The number of piperazine rings is 1. The molecule has 2 aromatic rings. The van der Waals surface area contributed by atoms with Gasteiger partial charge in [-0.25, -0.2) is 4.98 Å². The lowest BCUT2D eigenvalue weighted by atomic mass is 10.1. The van der Waals surface area contributed by atoms with Crippen LogP contribution in [0.15, 0.2) is 35.7 Å². The lowest BCUT2D eigenvalue weighted by Crippen LogP contribution is -2.50. The van der Waals surface area contributed by atoms with Crippen LogP contribution in [0.3, 0.4) is 0 Å². The Hall–Kier alpha value is -1.92. The van der Waals surface area contributed by atoms with Crippen molar-refractivity contribution >= 4 is 22.4 Å². The molecule has 1 aliphatic rings. The highest BCUT2D eigenvalue weighted by molar-refractivity contribution is 7.13. The van der Waals surface area contributed by atoms with Crippen molar-refractivity contribution in [3.63, 3.8) is 0 Å². The highest BCUT2D eigenvalue weighted by Crippen LogP contribution is 2.22. The van der Waals surface area contributed by atoms with E-state index in [9.17, 15) is 9.90 Å². The van der Waals surface area contributed by atoms with Crippen LogP contribution in [-0.4, -0.2) is 47.1 Å². The molecule has 22 heavy (non-hydrogen) atoms. The minimum absolute atomic E-state index is 0.221. The van der Waals surface area contributed by atoms with Crippen LogP contribution in [0.25, 0.3) is 0 Å². The SMILES string of the molecule is Cc1csc(N2CCN(C(=O)C(O)c3ccccc3)CC2)n1. The van der Waals surface area contributed by atoms with E-state index in [0.29, 0.717) is 18.7 Å². The van der Waals surface area contributed by atoms with Crippen molar-refractivity contribution in [1.29, 1.82) is 0 Å². The lowest BCUT2D eigenvalue weighted by molar-refractivity contribution is -0.140. The number of amides is 1. The van der Waals surface area contributed by atoms with Gasteiger partial charge in [-0.1, -0.05) is 30.3 Å². The number of hydrogen-bond acceptors (Lipinski definition) is 5. The van der Waals surface area contributed by atoms with Crippen LogP contribution < -0.4 is 4.90 Å². The summed E-state index contributed by atoms with van der Waals surface area (Å²) in [5.41, 5.74) is 1.67. The van der Waals surface area contributed by atoms with Gasteiger partial charge in [0.2, 0.25) is 0 Å². The van der Waals surface area contributed by atoms with Crippen molar-refractivity contribution in [1.82, 2.24) is 9.88 Å². The van der Waals surface area contributed by atoms with Crippen molar-refractivity contribution < 1.29 is 9.90 Å². The second-order valence-corrected chi connectivity index (χ2v) is 6.23. The molecule has 5 nitrogen and oxygen atoms in total. The molecule has 0 spiro atoms. The van der Waals surface area contributed by atoms with E-state index in [1.807, 2.05) is 30.5 Å². The van der Waals surface area contributed by atoms with Gasteiger partial charge in [-0.3, -0.25) is 4.79 Å². The molecule has 1 saturated heterocycles. The summed E-state index contributed by atoms with van der Waals surface area (Å²) < 4.78 is 0. The average molecular weight is 317 g/mol. The molecule has 1 N–H and O–H groups in total. The Morgan fingerprint density at radius 3 is 2.50 bits per heavy atom. The number of rotatable bonds is 3. The van der Waals surface area contributed by atoms with E-state index < -0.39 is 6.10 Å². The smallest absolute Gasteiger partial charge is 0.256 e. The van der Waals surface area contributed by atoms with Gasteiger partial charge >= 0.3 is 0 Å². The van der Waals surface area contributed by atoms with E-state index in [1.54, 1.807) is 28.4 Å². The highest BCUT2D eigenvalue weighted by atomic mass is 32.1. The van der Waals surface area contributed by atoms with Gasteiger partial charge in [0.05, 0.1) is 5.69 Å². The third kappa shape index (κ3) is 3.13. The fraction of sp³-hybridized carbons (Fsp3) is 0.375. The summed E-state index contributed by atoms with van der Waals surface area (Å²) in [5, 5.41) is 13.3. The molecular weight excluding hydrogens is 298 g/mol. The molecule has 0 saturated carbocycles. The zero-order chi connectivity index (χ0) is 15.5. The predicted octanol–water partition coefficient (Wildman–Crippen LogP) is 1.83. The number of thiazole rings is 1. The molecular formula is C16H19N3O2S. The molecule has 1 aromatic heterocycles. The van der Waals surface area contributed by atoms with E-state index in [-0.39, 0.29) is 5.91 Å². The van der Waals surface area contributed by atoms with Crippen molar-refractivity contribution in [3.8, 4) is 0 Å². The number of carbonyl (C=O) groups is 1. The van der Waals surface area contributed by atoms with Gasteiger partial charge in [-0.05, 0) is 12.5 Å². The van der Waals surface area contributed by atoms with Gasteiger partial charge in [0, 0.05) is 31.6 Å². The molecule has 1 fully saturated rings. The molecule has 116 valence electrons. The van der Waals surface area contributed by atoms with E-state index in [0.717, 1.165) is 23.9 Å². The van der Waals surface area contributed by atoms with Crippen LogP contribution in [0.2, 0.25) is 0 Å². The van der Waals surface area contributed by atoms with Gasteiger partial charge in [0.15, 0.2) is 11.2 Å². The number of anilines is 1. The summed E-state index contributed by atoms with van der Waals surface area (Å²) in [6.45, 7) is 4.71. The van der Waals surface area contributed by atoms with Gasteiger partial charge in [0.1, 0.15) is 0 Å². The summed E-state index contributed by atoms with van der Waals surface area (Å²) in [4.78, 5) is 20.8. The van der Waals surface area contributed by atoms with E-state index in [2.05, 4.69) is 9.88 Å². The van der Waals surface area contributed by atoms with Gasteiger partial charge in [0.25, 0.3) is 5.91 Å². The quantitative estimate of drug-likeness (QED) is 0.938. The van der Waals surface area contributed by atoms with E-state index in [4.69, 9.17) is 0 Å². The number of aromatic nitrogens is 1. The fourth-order valence-electron chi connectivity index (χ4n) is 2.56. The van der Waals surface area contributed by atoms with Crippen LogP contribution in [0.1, 0.15) is 17.4 Å². The normalized spacial score (nSPS) is 16.6. The maximum absolute atomic E-state index is 12.4. The minimum atomic E-state index is -1.07. The van der Waals surface area contributed by atoms with Crippen molar-refractivity contribution in [2.75, 3.05) is 31.1 Å². The Balaban J connectivity index is 1.60. The zero-order valence-corrected chi connectivity index (χ0v) is 13.3. The third-order valence-electron chi connectivity index (χ3n) is 3.82. The number of nitrogens with zero attached hydrogens (tertiary/aromatic N) is 3. The Morgan fingerprint density at radius 1 is 1.23 bits per heavy atom. The van der Waals surface area contributed by atoms with Crippen LogP contribution in [0.5, 0.6) is 0 Å². The third-order valence-corrected chi connectivity index (χ3v) is 4.84. The number of aryl methyl sites for hydroxylation is 1. The summed E-state index contributed by atoms with van der Waals surface area (Å²) >= 11 is 1.63. The van der Waals surface area contributed by atoms with Crippen LogP contribution in [0, 0.1) is 6.92 Å². The van der Waals surface area contributed by atoms with Crippen LogP contribution >= 0.6 is 11.3 Å². The number of aliphatic hydroxyl groups excluding tert-OH is 1. The fourth-order valence-corrected chi connectivity index (χ4v) is 3.41. The summed E-state index contributed by atoms with van der Waals surface area (Å²) in [6.07, 6.45) is -1.07. The number of carbonyl (C=O) groups excluding carboxylic acids is 1. The standard InChI is InChI=1S/C16H19N3O2S/c1-12-11-22-16(17-12)19-9-7-18(8-10-19)15(21)14(20)13-5-3-2-4-6-13/h2-6,11,14,20H,7-10H2,1H3. The number of aliphatic hydroxyl groups is 1. The number of hydrogen-bond donors (Lipinski definition) is 1. The van der Waals surface area contributed by atoms with Crippen LogP contribution in [-0.2, 0) is 4.79 Å². The molecule has 1 aromatic carbocycles. The number of benzene rings is 1. The predicted molar refractivity (Wildman–Crippen MR) is 87.0 cm³/mol.